The Bertz CT molecular complexity index is 4620. The van der Waals surface area contributed by atoms with Crippen LogP contribution in [0.3, 0.4) is 0 Å². The molecule has 15 aromatic rings. The lowest BCUT2D eigenvalue weighted by Crippen LogP contribution is -1.97. The van der Waals surface area contributed by atoms with E-state index in [1.165, 1.54) is 59.6 Å². The minimum absolute atomic E-state index is 0.691. The van der Waals surface area contributed by atoms with E-state index >= 15 is 0 Å². The standard InChI is InChI=1S/C68H42N4/c1-3-15-43(16-4-1)50-36-51(44-17-5-2-6-18-44)38-53(37-50)67-57-23-11-13-25-61(57)69-68(70-67)49-28-27-45-29-31-54(39-52(45)35-49)72-63-34-32-55(42-60(63)59-40-47-20-7-8-21-48(47)41-65(59)72)71-62-26-14-12-24-58(62)66-56-22-10-9-19-46(56)30-33-64(66)71/h1-42H. The quantitative estimate of drug-likeness (QED) is 0.167. The first-order chi connectivity index (χ1) is 35.7. The molecule has 72 heavy (non-hydrogen) atoms. The molecule has 0 N–H and O–H groups in total. The van der Waals surface area contributed by atoms with Crippen LogP contribution in [0.4, 0.5) is 0 Å². The van der Waals surface area contributed by atoms with Gasteiger partial charge in [0.1, 0.15) is 0 Å². The first-order valence-electron chi connectivity index (χ1n) is 24.6. The van der Waals surface area contributed by atoms with Gasteiger partial charge in [-0.1, -0.05) is 170 Å². The fraction of sp³-hybridized carbons (Fsp3) is 0. The Balaban J connectivity index is 0.904. The number of rotatable bonds is 6. The Kier molecular flexibility index (Phi) is 8.92. The van der Waals surface area contributed by atoms with E-state index in [4.69, 9.17) is 9.97 Å². The smallest absolute Gasteiger partial charge is 0.160 e. The number of aromatic nitrogens is 4. The van der Waals surface area contributed by atoms with Crippen molar-refractivity contribution in [3.8, 4) is 56.3 Å². The summed E-state index contributed by atoms with van der Waals surface area (Å²) in [4.78, 5) is 10.7. The molecule has 0 atom stereocenters. The molecule has 0 bridgehead atoms. The zero-order valence-corrected chi connectivity index (χ0v) is 39.0. The van der Waals surface area contributed by atoms with Crippen molar-refractivity contribution in [3.63, 3.8) is 0 Å². The van der Waals surface area contributed by atoms with E-state index in [-0.39, 0.29) is 0 Å². The number of nitrogens with zero attached hydrogens (tertiary/aromatic N) is 4. The summed E-state index contributed by atoms with van der Waals surface area (Å²) < 4.78 is 4.89. The van der Waals surface area contributed by atoms with Gasteiger partial charge in [0.15, 0.2) is 5.82 Å². The maximum atomic E-state index is 5.46. The van der Waals surface area contributed by atoms with Crippen LogP contribution in [-0.4, -0.2) is 19.1 Å². The monoisotopic (exact) mass is 914 g/mol. The van der Waals surface area contributed by atoms with Crippen LogP contribution < -0.4 is 0 Å². The van der Waals surface area contributed by atoms with Crippen molar-refractivity contribution in [1.82, 2.24) is 19.1 Å². The maximum absolute atomic E-state index is 5.46. The van der Waals surface area contributed by atoms with Crippen LogP contribution in [0.5, 0.6) is 0 Å². The number of benzene rings is 12. The molecule has 0 fully saturated rings. The summed E-state index contributed by atoms with van der Waals surface area (Å²) in [5.41, 5.74) is 15.4. The molecule has 3 heterocycles. The fourth-order valence-corrected chi connectivity index (χ4v) is 11.4. The summed E-state index contributed by atoms with van der Waals surface area (Å²) in [5.74, 6) is 0.691. The molecule has 0 unspecified atom stereocenters. The van der Waals surface area contributed by atoms with E-state index in [0.717, 1.165) is 77.6 Å². The molecule has 0 saturated heterocycles. The van der Waals surface area contributed by atoms with Crippen LogP contribution in [0, 0.1) is 0 Å². The molecule has 0 saturated carbocycles. The summed E-state index contributed by atoms with van der Waals surface area (Å²) in [6, 6.07) is 92.5. The topological polar surface area (TPSA) is 35.6 Å². The number of hydrogen-bond donors (Lipinski definition) is 0. The van der Waals surface area contributed by atoms with Crippen molar-refractivity contribution in [2.45, 2.75) is 0 Å². The van der Waals surface area contributed by atoms with Gasteiger partial charge in [0, 0.05) is 49.4 Å². The average molecular weight is 915 g/mol. The van der Waals surface area contributed by atoms with E-state index < -0.39 is 0 Å². The van der Waals surface area contributed by atoms with Crippen molar-refractivity contribution in [2.24, 2.45) is 0 Å². The predicted octanol–water partition coefficient (Wildman–Crippen LogP) is 18.0. The zero-order valence-electron chi connectivity index (χ0n) is 39.0. The molecule has 0 spiro atoms. The summed E-state index contributed by atoms with van der Waals surface area (Å²) in [7, 11) is 0. The summed E-state index contributed by atoms with van der Waals surface area (Å²) >= 11 is 0. The molecule has 0 amide bonds. The maximum Gasteiger partial charge on any atom is 0.160 e. The van der Waals surface area contributed by atoms with Gasteiger partial charge in [0.25, 0.3) is 0 Å². The fourth-order valence-electron chi connectivity index (χ4n) is 11.4. The van der Waals surface area contributed by atoms with Crippen LogP contribution in [0.25, 0.3) is 143 Å². The van der Waals surface area contributed by atoms with E-state index in [1.54, 1.807) is 0 Å². The number of hydrogen-bond acceptors (Lipinski definition) is 2. The van der Waals surface area contributed by atoms with Crippen molar-refractivity contribution in [3.05, 3.63) is 255 Å². The van der Waals surface area contributed by atoms with Crippen molar-refractivity contribution in [1.29, 1.82) is 0 Å². The van der Waals surface area contributed by atoms with Crippen LogP contribution in [0.1, 0.15) is 0 Å². The van der Waals surface area contributed by atoms with Gasteiger partial charge in [0.2, 0.25) is 0 Å². The SMILES string of the molecule is c1ccc(-c2cc(-c3ccccc3)cc(-c3nc(-c4ccc5ccc(-n6c7ccc(-n8c9ccccc9c9c%10ccccc%10ccc98)cc7c7cc8ccccc8cc76)cc5c4)nc4ccccc34)c2)cc1. The third-order valence-electron chi connectivity index (χ3n) is 14.8. The van der Waals surface area contributed by atoms with Crippen molar-refractivity contribution < 1.29 is 0 Å². The Hall–Kier alpha value is -9.64. The predicted molar refractivity (Wildman–Crippen MR) is 302 cm³/mol. The molecule has 0 aliphatic rings. The average Bonchev–Trinajstić information content (AvgIpc) is 3.96. The molecule has 4 nitrogen and oxygen atoms in total. The number of para-hydroxylation sites is 2. The first kappa shape index (κ1) is 40.3. The molecular formula is C68H42N4. The highest BCUT2D eigenvalue weighted by molar-refractivity contribution is 6.22. The Morgan fingerprint density at radius 2 is 0.806 bits per heavy atom. The molecule has 12 aromatic carbocycles. The Morgan fingerprint density at radius 1 is 0.250 bits per heavy atom. The molecule has 15 rings (SSSR count). The normalized spacial score (nSPS) is 11.9. The van der Waals surface area contributed by atoms with E-state index in [2.05, 4.69) is 264 Å². The van der Waals surface area contributed by atoms with Gasteiger partial charge < -0.3 is 9.13 Å². The molecule has 0 aliphatic heterocycles. The third-order valence-corrected chi connectivity index (χ3v) is 14.8. The van der Waals surface area contributed by atoms with Crippen molar-refractivity contribution >= 4 is 86.8 Å². The Morgan fingerprint density at radius 3 is 1.60 bits per heavy atom. The molecule has 4 heteroatoms. The Labute approximate surface area is 415 Å². The summed E-state index contributed by atoms with van der Waals surface area (Å²) in [5, 5.41) is 13.2. The number of fused-ring (bicyclic) bond motifs is 11. The van der Waals surface area contributed by atoms with Gasteiger partial charge in [-0.25, -0.2) is 9.97 Å². The zero-order chi connectivity index (χ0) is 47.3. The van der Waals surface area contributed by atoms with Crippen LogP contribution in [0.15, 0.2) is 255 Å². The lowest BCUT2D eigenvalue weighted by atomic mass is 9.94. The van der Waals surface area contributed by atoms with Crippen LogP contribution in [-0.2, 0) is 0 Å². The highest BCUT2D eigenvalue weighted by atomic mass is 15.0. The second kappa shape index (κ2) is 16.0. The van der Waals surface area contributed by atoms with Gasteiger partial charge in [0.05, 0.1) is 33.3 Å². The largest absolute Gasteiger partial charge is 0.309 e. The second-order valence-electron chi connectivity index (χ2n) is 19.0. The highest BCUT2D eigenvalue weighted by Gasteiger charge is 2.20. The minimum atomic E-state index is 0.691. The van der Waals surface area contributed by atoms with Gasteiger partial charge in [-0.15, -0.1) is 0 Å². The van der Waals surface area contributed by atoms with Crippen molar-refractivity contribution in [2.75, 3.05) is 0 Å². The van der Waals surface area contributed by atoms with E-state index in [1.807, 2.05) is 0 Å². The summed E-state index contributed by atoms with van der Waals surface area (Å²) in [6.45, 7) is 0. The summed E-state index contributed by atoms with van der Waals surface area (Å²) in [6.07, 6.45) is 0. The first-order valence-corrected chi connectivity index (χ1v) is 24.6. The van der Waals surface area contributed by atoms with Crippen LogP contribution in [0.2, 0.25) is 0 Å². The van der Waals surface area contributed by atoms with Gasteiger partial charge in [-0.05, 0) is 140 Å². The van der Waals surface area contributed by atoms with Gasteiger partial charge in [-0.2, -0.15) is 0 Å². The molecule has 334 valence electrons. The molecular weight excluding hydrogens is 873 g/mol. The van der Waals surface area contributed by atoms with Crippen LogP contribution >= 0.6 is 0 Å². The molecule has 0 radical (unpaired) electrons. The third kappa shape index (κ3) is 6.40. The second-order valence-corrected chi connectivity index (χ2v) is 19.0. The molecule has 3 aromatic heterocycles. The molecule has 0 aliphatic carbocycles. The van der Waals surface area contributed by atoms with Gasteiger partial charge >= 0.3 is 0 Å². The van der Waals surface area contributed by atoms with Gasteiger partial charge in [-0.3, -0.25) is 0 Å². The highest BCUT2D eigenvalue weighted by Crippen LogP contribution is 2.42. The van der Waals surface area contributed by atoms with E-state index in [0.29, 0.717) is 5.82 Å². The minimum Gasteiger partial charge on any atom is -0.309 e. The lowest BCUT2D eigenvalue weighted by Gasteiger charge is -2.14. The lowest BCUT2D eigenvalue weighted by molar-refractivity contribution is 1.17. The van der Waals surface area contributed by atoms with E-state index in [9.17, 15) is 0 Å².